The molecule has 1 heterocycles. The van der Waals surface area contributed by atoms with Gasteiger partial charge in [0.1, 0.15) is 5.82 Å². The lowest BCUT2D eigenvalue weighted by molar-refractivity contribution is 1.10. The normalized spacial score (nSPS) is 13.8. The molecule has 7 aromatic carbocycles. The number of benzene rings is 7. The summed E-state index contributed by atoms with van der Waals surface area (Å²) in [4.78, 5) is 5.26. The van der Waals surface area contributed by atoms with Crippen molar-refractivity contribution in [3.05, 3.63) is 193 Å². The molecule has 0 saturated carbocycles. The van der Waals surface area contributed by atoms with Crippen LogP contribution in [0.4, 0.5) is 0 Å². The van der Waals surface area contributed by atoms with Crippen LogP contribution in [0.15, 0.2) is 182 Å². The second-order valence-corrected chi connectivity index (χ2v) is 13.1. The summed E-state index contributed by atoms with van der Waals surface area (Å²) >= 11 is 0. The third kappa shape index (κ3) is 5.16. The van der Waals surface area contributed by atoms with Crippen LogP contribution >= 0.6 is 0 Å². The van der Waals surface area contributed by atoms with Crippen LogP contribution in [0.2, 0.25) is 0 Å². The summed E-state index contributed by atoms with van der Waals surface area (Å²) < 4.78 is 2.29. The zero-order valence-electron chi connectivity index (χ0n) is 28.7. The van der Waals surface area contributed by atoms with E-state index in [0.29, 0.717) is 0 Å². The maximum Gasteiger partial charge on any atom is 0.145 e. The van der Waals surface area contributed by atoms with E-state index >= 15 is 0 Å². The topological polar surface area (TPSA) is 17.8 Å². The summed E-state index contributed by atoms with van der Waals surface area (Å²) in [5.41, 5.74) is 18.7. The first-order valence-electron chi connectivity index (χ1n) is 17.6. The first-order chi connectivity index (χ1) is 25.2. The van der Waals surface area contributed by atoms with E-state index in [1.54, 1.807) is 0 Å². The summed E-state index contributed by atoms with van der Waals surface area (Å²) in [6.07, 6.45) is 4.43. The zero-order valence-corrected chi connectivity index (χ0v) is 28.7. The van der Waals surface area contributed by atoms with Crippen molar-refractivity contribution < 1.29 is 0 Å². The third-order valence-corrected chi connectivity index (χ3v) is 10.2. The molecule has 2 heteroatoms. The SMILES string of the molecule is C/C=C\C1=C(/C)c2ccc(-c3nc4ccccc4n3-c3ccccc3)cc2-c2ccccc2-c2ccccc2-c2ccccc2-c2ccccc21. The Kier molecular flexibility index (Phi) is 7.63. The van der Waals surface area contributed by atoms with Gasteiger partial charge in [0.15, 0.2) is 0 Å². The lowest BCUT2D eigenvalue weighted by atomic mass is 9.81. The van der Waals surface area contributed by atoms with Gasteiger partial charge >= 0.3 is 0 Å². The molecule has 0 bridgehead atoms. The van der Waals surface area contributed by atoms with Crippen LogP contribution in [-0.2, 0) is 0 Å². The second-order valence-electron chi connectivity index (χ2n) is 13.1. The molecule has 8 aromatic rings. The number of imidazole rings is 1. The van der Waals surface area contributed by atoms with E-state index in [-0.39, 0.29) is 0 Å². The van der Waals surface area contributed by atoms with Crippen LogP contribution in [0, 0.1) is 0 Å². The zero-order chi connectivity index (χ0) is 34.3. The van der Waals surface area contributed by atoms with Gasteiger partial charge in [0.25, 0.3) is 0 Å². The number of rotatable bonds is 3. The van der Waals surface area contributed by atoms with E-state index in [4.69, 9.17) is 4.98 Å². The summed E-state index contributed by atoms with van der Waals surface area (Å²) in [6.45, 7) is 4.38. The first-order valence-corrected chi connectivity index (χ1v) is 17.6. The van der Waals surface area contributed by atoms with Crippen molar-refractivity contribution >= 4 is 22.2 Å². The lowest BCUT2D eigenvalue weighted by Gasteiger charge is -2.23. The highest BCUT2D eigenvalue weighted by Gasteiger charge is 2.23. The Balaban J connectivity index is 1.41. The van der Waals surface area contributed by atoms with Gasteiger partial charge in [-0.1, -0.05) is 152 Å². The maximum atomic E-state index is 5.26. The predicted octanol–water partition coefficient (Wildman–Crippen LogP) is 13.2. The molecule has 1 aliphatic carbocycles. The molecule has 242 valence electrons. The van der Waals surface area contributed by atoms with E-state index in [0.717, 1.165) is 28.1 Å². The van der Waals surface area contributed by atoms with E-state index in [9.17, 15) is 0 Å². The summed E-state index contributed by atoms with van der Waals surface area (Å²) in [5, 5.41) is 0. The fourth-order valence-corrected chi connectivity index (χ4v) is 7.83. The van der Waals surface area contributed by atoms with E-state index in [1.807, 2.05) is 0 Å². The van der Waals surface area contributed by atoms with E-state index in [1.165, 1.54) is 66.8 Å². The van der Waals surface area contributed by atoms with Gasteiger partial charge in [-0.15, -0.1) is 0 Å². The van der Waals surface area contributed by atoms with Crippen LogP contribution in [0.3, 0.4) is 0 Å². The molecule has 0 aliphatic heterocycles. The molecule has 0 unspecified atom stereocenters. The molecule has 0 N–H and O–H groups in total. The van der Waals surface area contributed by atoms with Crippen LogP contribution in [0.5, 0.6) is 0 Å². The average molecular weight is 653 g/mol. The van der Waals surface area contributed by atoms with Crippen molar-refractivity contribution in [2.45, 2.75) is 13.8 Å². The monoisotopic (exact) mass is 652 g/mol. The van der Waals surface area contributed by atoms with Crippen molar-refractivity contribution in [1.29, 1.82) is 0 Å². The Labute approximate surface area is 299 Å². The van der Waals surface area contributed by atoms with E-state index in [2.05, 4.69) is 200 Å². The van der Waals surface area contributed by atoms with Crippen molar-refractivity contribution in [3.8, 4) is 61.6 Å². The van der Waals surface area contributed by atoms with Gasteiger partial charge in [-0.2, -0.15) is 0 Å². The quantitative estimate of drug-likeness (QED) is 0.186. The van der Waals surface area contributed by atoms with Crippen LogP contribution in [-0.4, -0.2) is 9.55 Å². The van der Waals surface area contributed by atoms with Crippen LogP contribution in [0.25, 0.3) is 83.8 Å². The largest absolute Gasteiger partial charge is 0.292 e. The predicted molar refractivity (Wildman–Crippen MR) is 216 cm³/mol. The molecule has 0 amide bonds. The third-order valence-electron chi connectivity index (χ3n) is 10.2. The smallest absolute Gasteiger partial charge is 0.145 e. The highest BCUT2D eigenvalue weighted by molar-refractivity contribution is 6.06. The molecule has 51 heavy (non-hydrogen) atoms. The molecular weight excluding hydrogens is 617 g/mol. The van der Waals surface area contributed by atoms with Gasteiger partial charge in [-0.05, 0) is 111 Å². The number of hydrogen-bond donors (Lipinski definition) is 0. The molecule has 0 fully saturated rings. The van der Waals surface area contributed by atoms with Crippen molar-refractivity contribution in [3.63, 3.8) is 0 Å². The molecular formula is C49H36N2. The van der Waals surface area contributed by atoms with Gasteiger partial charge < -0.3 is 0 Å². The molecule has 1 aliphatic rings. The van der Waals surface area contributed by atoms with Gasteiger partial charge in [0, 0.05) is 11.3 Å². The van der Waals surface area contributed by atoms with Crippen LogP contribution < -0.4 is 0 Å². The van der Waals surface area contributed by atoms with Gasteiger partial charge in [-0.25, -0.2) is 4.98 Å². The molecule has 0 saturated heterocycles. The highest BCUT2D eigenvalue weighted by Crippen LogP contribution is 2.47. The number of allylic oxidation sites excluding steroid dienone is 4. The number of fused-ring (bicyclic) bond motifs is 10. The number of nitrogens with zero attached hydrogens (tertiary/aromatic N) is 2. The van der Waals surface area contributed by atoms with E-state index < -0.39 is 0 Å². The molecule has 0 radical (unpaired) electrons. The summed E-state index contributed by atoms with van der Waals surface area (Å²) in [5.74, 6) is 0.920. The van der Waals surface area contributed by atoms with Gasteiger partial charge in [0.2, 0.25) is 0 Å². The van der Waals surface area contributed by atoms with Crippen molar-refractivity contribution in [2.75, 3.05) is 0 Å². The number of aromatic nitrogens is 2. The number of hydrogen-bond acceptors (Lipinski definition) is 1. The lowest BCUT2D eigenvalue weighted by Crippen LogP contribution is -2.00. The Hall–Kier alpha value is -6.51. The first kappa shape index (κ1) is 30.5. The molecule has 9 rings (SSSR count). The molecule has 2 nitrogen and oxygen atoms in total. The van der Waals surface area contributed by atoms with Crippen molar-refractivity contribution in [1.82, 2.24) is 9.55 Å². The minimum atomic E-state index is 0.920. The summed E-state index contributed by atoms with van der Waals surface area (Å²) in [7, 11) is 0. The fourth-order valence-electron chi connectivity index (χ4n) is 7.83. The standard InChI is InChI=1S/C49H36N2/c1-3-17-36-33(2)37-31-30-34(49-50-47-28-15-16-29-48(47)51(49)35-18-5-4-6-19-35)32-46(37)45-27-14-13-26-44(45)43-25-12-11-24-42(43)41-23-10-9-22-40(41)39-21-8-7-20-38(36)39/h3-32H,1-2H3/b17-3-,36-33-,37-33?,38-36?,40-39?,42-41?,44-43?,46-45?. The second kappa shape index (κ2) is 12.7. The maximum absolute atomic E-state index is 5.26. The average Bonchev–Trinajstić information content (AvgIpc) is 3.59. The van der Waals surface area contributed by atoms with Gasteiger partial charge in [-0.3, -0.25) is 4.57 Å². The number of para-hydroxylation sites is 3. The minimum Gasteiger partial charge on any atom is -0.292 e. The Morgan fingerprint density at radius 2 is 0.922 bits per heavy atom. The Morgan fingerprint density at radius 1 is 0.451 bits per heavy atom. The Bertz CT molecular complexity index is 2650. The summed E-state index contributed by atoms with van der Waals surface area (Å²) in [6, 6.07) is 61.3. The molecule has 1 aromatic heterocycles. The molecule has 0 spiro atoms. The molecule has 0 atom stereocenters. The Morgan fingerprint density at radius 3 is 1.49 bits per heavy atom. The van der Waals surface area contributed by atoms with Gasteiger partial charge in [0.05, 0.1) is 11.0 Å². The highest BCUT2D eigenvalue weighted by atomic mass is 15.1. The minimum absolute atomic E-state index is 0.920. The fraction of sp³-hybridized carbons (Fsp3) is 0.0408. The van der Waals surface area contributed by atoms with Crippen LogP contribution in [0.1, 0.15) is 25.0 Å². The van der Waals surface area contributed by atoms with Crippen molar-refractivity contribution in [2.24, 2.45) is 0 Å².